The lowest BCUT2D eigenvalue weighted by Crippen LogP contribution is -2.48. The number of nitrogens with one attached hydrogen (secondary N) is 2. The van der Waals surface area contributed by atoms with Crippen molar-refractivity contribution in [2.75, 3.05) is 13.2 Å². The van der Waals surface area contributed by atoms with Crippen LogP contribution >= 0.6 is 0 Å². The van der Waals surface area contributed by atoms with Gasteiger partial charge in [0.25, 0.3) is 0 Å². The van der Waals surface area contributed by atoms with Crippen molar-refractivity contribution >= 4 is 34.8 Å². The van der Waals surface area contributed by atoms with Crippen molar-refractivity contribution in [3.63, 3.8) is 0 Å². The van der Waals surface area contributed by atoms with Crippen molar-refractivity contribution in [2.24, 2.45) is 0 Å². The Morgan fingerprint density at radius 3 is 2.72 bits per heavy atom. The first-order valence-electron chi connectivity index (χ1n) is 10.3. The molecule has 1 heterocycles. The van der Waals surface area contributed by atoms with E-state index in [9.17, 15) is 14.4 Å². The molecule has 0 radical (unpaired) electrons. The van der Waals surface area contributed by atoms with Gasteiger partial charge in [0, 0.05) is 29.9 Å². The van der Waals surface area contributed by atoms with E-state index in [4.69, 9.17) is 20.1 Å². The van der Waals surface area contributed by atoms with Crippen LogP contribution in [0.4, 0.5) is 0 Å². The molecular weight excluding hydrogens is 416 g/mol. The Balaban J connectivity index is 2.17. The fourth-order valence-corrected chi connectivity index (χ4v) is 3.17. The zero-order valence-electron chi connectivity index (χ0n) is 18.1. The first-order valence-corrected chi connectivity index (χ1v) is 10.3. The largest absolute Gasteiger partial charge is 0.461 e. The van der Waals surface area contributed by atoms with E-state index in [0.29, 0.717) is 0 Å². The summed E-state index contributed by atoms with van der Waals surface area (Å²) < 4.78 is 10.7. The number of para-hydroxylation sites is 1. The van der Waals surface area contributed by atoms with E-state index >= 15 is 0 Å². The van der Waals surface area contributed by atoms with Gasteiger partial charge >= 0.3 is 12.2 Å². The van der Waals surface area contributed by atoms with Crippen LogP contribution in [0.3, 0.4) is 0 Å². The highest BCUT2D eigenvalue weighted by Crippen LogP contribution is 2.20. The first kappa shape index (κ1) is 24.9. The summed E-state index contributed by atoms with van der Waals surface area (Å²) in [5, 5.41) is 12.7. The van der Waals surface area contributed by atoms with Gasteiger partial charge in [0.05, 0.1) is 19.3 Å². The fourth-order valence-electron chi connectivity index (χ4n) is 3.17. The second kappa shape index (κ2) is 12.5. The first-order chi connectivity index (χ1) is 15.3. The molecule has 2 aromatic rings. The molecule has 1 amide bonds. The predicted octanol–water partition coefficient (Wildman–Crippen LogP) is 1.17. The minimum Gasteiger partial charge on any atom is -0.461 e. The van der Waals surface area contributed by atoms with Crippen molar-refractivity contribution in [3.05, 3.63) is 41.6 Å². The van der Waals surface area contributed by atoms with Gasteiger partial charge in [-0.25, -0.2) is 4.79 Å². The maximum Gasteiger partial charge on any atom is 0.328 e. The summed E-state index contributed by atoms with van der Waals surface area (Å²) in [5.41, 5.74) is 10.2. The van der Waals surface area contributed by atoms with Crippen molar-refractivity contribution < 1.29 is 33.8 Å². The van der Waals surface area contributed by atoms with Crippen LogP contribution in [-0.4, -0.2) is 70.2 Å². The van der Waals surface area contributed by atoms with Gasteiger partial charge in [-0.3, -0.25) is 9.59 Å². The number of amides is 1. The molecule has 0 aliphatic rings. The molecule has 0 fully saturated rings. The van der Waals surface area contributed by atoms with Crippen LogP contribution in [0.15, 0.2) is 30.5 Å². The average Bonchev–Trinajstić information content (AvgIpc) is 3.16. The third kappa shape index (κ3) is 7.42. The highest BCUT2D eigenvalue weighted by molar-refractivity contribution is 6.25. The number of aliphatic hydroxyl groups is 1. The predicted molar refractivity (Wildman–Crippen MR) is 116 cm³/mol. The summed E-state index contributed by atoms with van der Waals surface area (Å²) in [5.74, 6) is -1.76. The van der Waals surface area contributed by atoms with Crippen LogP contribution in [-0.2, 0) is 30.3 Å². The third-order valence-corrected chi connectivity index (χ3v) is 4.62. The van der Waals surface area contributed by atoms with Gasteiger partial charge < -0.3 is 30.4 Å². The summed E-state index contributed by atoms with van der Waals surface area (Å²) in [7, 11) is 0. The van der Waals surface area contributed by atoms with Gasteiger partial charge in [-0.1, -0.05) is 18.2 Å². The van der Waals surface area contributed by atoms with E-state index in [2.05, 4.69) is 15.1 Å². The van der Waals surface area contributed by atoms with Crippen LogP contribution in [0.5, 0.6) is 0 Å². The number of carbonyl (C=O) groups is 3. The summed E-state index contributed by atoms with van der Waals surface area (Å²) in [4.78, 5) is 42.9. The molecule has 1 aromatic heterocycles. The molecule has 0 aliphatic carbocycles. The van der Waals surface area contributed by atoms with Crippen LogP contribution < -0.4 is 5.32 Å². The van der Waals surface area contributed by atoms with Crippen LogP contribution in [0.2, 0.25) is 0 Å². The summed E-state index contributed by atoms with van der Waals surface area (Å²) in [6.07, 6.45) is 1.16. The summed E-state index contributed by atoms with van der Waals surface area (Å²) >= 11 is 0. The molecule has 32 heavy (non-hydrogen) atoms. The molecular formula is C22H28N4O6. The molecule has 0 spiro atoms. The van der Waals surface area contributed by atoms with E-state index in [1.54, 1.807) is 20.0 Å². The fraction of sp³-hybridized carbons (Fsp3) is 0.455. The number of aromatic amines is 1. The molecule has 0 aliphatic heterocycles. The number of H-pyrrole nitrogens is 1. The molecule has 0 saturated heterocycles. The number of carbonyl (C=O) groups excluding carboxylic acids is 3. The van der Waals surface area contributed by atoms with E-state index in [1.807, 2.05) is 24.3 Å². The van der Waals surface area contributed by atoms with Crippen molar-refractivity contribution in [1.29, 1.82) is 0 Å². The lowest BCUT2D eigenvalue weighted by molar-refractivity contribution is -0.153. The number of ether oxygens (including phenoxy) is 2. The number of aromatic nitrogens is 1. The molecule has 0 unspecified atom stereocenters. The molecule has 0 bridgehead atoms. The third-order valence-electron chi connectivity index (χ3n) is 4.62. The standard InChI is InChI=1S/C22H28N4O6/c1-14(2)32-22(30)19(8-7-16(28)13-25-23)26-21(29)20(31-10-9-27)11-15-12-24-18-6-4-3-5-17(15)18/h3-6,12-14,19-20,24,27H,7-11H2,1-2H3,(H,26,29)/t19-,20-/m0/s1. The minimum absolute atomic E-state index is 0.0397. The second-order valence-electron chi connectivity index (χ2n) is 7.44. The number of nitrogens with zero attached hydrogens (tertiary/aromatic N) is 2. The molecule has 172 valence electrons. The van der Waals surface area contributed by atoms with E-state index in [1.165, 1.54) is 0 Å². The maximum atomic E-state index is 13.0. The SMILES string of the molecule is CC(C)OC(=O)[C@H](CCC(=O)C=[N+]=[N-])NC(=O)[C@H](Cc1c[nH]c2ccccc12)OCCO. The number of aliphatic hydroxyl groups excluding tert-OH is 1. The lowest BCUT2D eigenvalue weighted by atomic mass is 10.0. The number of ketones is 1. The summed E-state index contributed by atoms with van der Waals surface area (Å²) in [6, 6.07) is 6.51. The Labute approximate surface area is 185 Å². The Bertz CT molecular complexity index is 980. The number of fused-ring (bicyclic) bond motifs is 1. The number of Topliss-reactive ketones (excluding diaryl/α,β-unsaturated/α-hetero) is 1. The molecule has 10 heteroatoms. The van der Waals surface area contributed by atoms with Gasteiger partial charge in [-0.05, 0) is 31.9 Å². The molecule has 1 aromatic carbocycles. The van der Waals surface area contributed by atoms with E-state index < -0.39 is 35.9 Å². The molecule has 3 N–H and O–H groups in total. The van der Waals surface area contributed by atoms with Gasteiger partial charge in [0.15, 0.2) is 0 Å². The molecule has 10 nitrogen and oxygen atoms in total. The number of hydrogen-bond donors (Lipinski definition) is 3. The zero-order chi connectivity index (χ0) is 23.5. The highest BCUT2D eigenvalue weighted by atomic mass is 16.5. The minimum atomic E-state index is -1.09. The van der Waals surface area contributed by atoms with Gasteiger partial charge in [0.1, 0.15) is 12.1 Å². The van der Waals surface area contributed by atoms with Crippen LogP contribution in [0.1, 0.15) is 32.3 Å². The normalized spacial score (nSPS) is 12.8. The van der Waals surface area contributed by atoms with Gasteiger partial charge in [-0.15, -0.1) is 0 Å². The Hall–Kier alpha value is -3.33. The van der Waals surface area contributed by atoms with Gasteiger partial charge in [0.2, 0.25) is 11.7 Å². The Morgan fingerprint density at radius 2 is 2.03 bits per heavy atom. The quantitative estimate of drug-likeness (QED) is 0.182. The molecule has 2 atom stereocenters. The summed E-state index contributed by atoms with van der Waals surface area (Å²) in [6.45, 7) is 3.01. The number of benzene rings is 1. The topological polar surface area (TPSA) is 154 Å². The molecule has 2 rings (SSSR count). The second-order valence-corrected chi connectivity index (χ2v) is 7.44. The Kier molecular flexibility index (Phi) is 9.75. The van der Waals surface area contributed by atoms with Crippen molar-refractivity contribution in [1.82, 2.24) is 10.3 Å². The highest BCUT2D eigenvalue weighted by Gasteiger charge is 2.29. The van der Waals surface area contributed by atoms with E-state index in [0.717, 1.165) is 22.7 Å². The van der Waals surface area contributed by atoms with Crippen LogP contribution in [0, 0.1) is 0 Å². The maximum absolute atomic E-state index is 13.0. The number of esters is 1. The van der Waals surface area contributed by atoms with Crippen LogP contribution in [0.25, 0.3) is 16.4 Å². The Morgan fingerprint density at radius 1 is 1.28 bits per heavy atom. The lowest BCUT2D eigenvalue weighted by Gasteiger charge is -2.22. The van der Waals surface area contributed by atoms with Gasteiger partial charge in [-0.2, -0.15) is 4.79 Å². The zero-order valence-corrected chi connectivity index (χ0v) is 18.1. The van der Waals surface area contributed by atoms with Crippen molar-refractivity contribution in [2.45, 2.75) is 51.4 Å². The van der Waals surface area contributed by atoms with E-state index in [-0.39, 0.29) is 32.5 Å². The molecule has 0 saturated carbocycles. The smallest absolute Gasteiger partial charge is 0.328 e. The average molecular weight is 444 g/mol. The number of rotatable bonds is 13. The monoisotopic (exact) mass is 444 g/mol. The van der Waals surface area contributed by atoms with Crippen molar-refractivity contribution in [3.8, 4) is 0 Å². The number of hydrogen-bond acceptors (Lipinski definition) is 6.